The molecule has 1 atom stereocenters. The summed E-state index contributed by atoms with van der Waals surface area (Å²) in [4.78, 5) is 34.6. The number of hydrogen-bond donors (Lipinski definition) is 3. The molecule has 3 N–H and O–H groups in total. The molecule has 0 fully saturated rings. The second-order valence-electron chi connectivity index (χ2n) is 6.33. The van der Waals surface area contributed by atoms with Crippen LogP contribution in [0, 0.1) is 10.1 Å². The van der Waals surface area contributed by atoms with Gasteiger partial charge in [0.25, 0.3) is 11.6 Å². The molecule has 0 aliphatic rings. The van der Waals surface area contributed by atoms with E-state index >= 15 is 0 Å². The van der Waals surface area contributed by atoms with Gasteiger partial charge in [-0.2, -0.15) is 0 Å². The highest BCUT2D eigenvalue weighted by Crippen LogP contribution is 2.28. The number of hydrazine groups is 1. The molecule has 0 saturated carbocycles. The van der Waals surface area contributed by atoms with E-state index in [1.807, 2.05) is 19.1 Å². The molecular weight excluding hydrogens is 392 g/mol. The van der Waals surface area contributed by atoms with E-state index in [2.05, 4.69) is 16.2 Å². The number of nitro groups is 1. The van der Waals surface area contributed by atoms with Crippen LogP contribution in [-0.4, -0.2) is 36.5 Å². The van der Waals surface area contributed by atoms with Gasteiger partial charge >= 0.3 is 0 Å². The van der Waals surface area contributed by atoms with E-state index in [0.29, 0.717) is 5.75 Å². The molecule has 160 valence electrons. The zero-order valence-electron chi connectivity index (χ0n) is 16.9. The standard InChI is InChI=1S/C20H24N4O6/c1-4-14-5-8-16(9-6-14)30-12-19(25)23-22-13(2)20(26)21-17-11-15(24(27)28)7-10-18(17)29-3/h5-11,13,22H,4,12H2,1-3H3,(H,21,26)(H,23,25). The molecule has 0 spiro atoms. The highest BCUT2D eigenvalue weighted by Gasteiger charge is 2.18. The fraction of sp³-hybridized carbons (Fsp3) is 0.300. The Labute approximate surface area is 173 Å². The van der Waals surface area contributed by atoms with Crippen molar-refractivity contribution in [2.75, 3.05) is 19.0 Å². The van der Waals surface area contributed by atoms with Gasteiger partial charge in [-0.05, 0) is 37.1 Å². The minimum atomic E-state index is -0.832. The Balaban J connectivity index is 1.84. The van der Waals surface area contributed by atoms with Crippen molar-refractivity contribution in [1.82, 2.24) is 10.9 Å². The van der Waals surface area contributed by atoms with E-state index in [1.165, 1.54) is 32.2 Å². The number of carbonyl (C=O) groups is 2. The summed E-state index contributed by atoms with van der Waals surface area (Å²) in [5.41, 5.74) is 6.07. The van der Waals surface area contributed by atoms with Crippen molar-refractivity contribution in [3.05, 3.63) is 58.1 Å². The Kier molecular flexibility index (Phi) is 8.12. The van der Waals surface area contributed by atoms with Gasteiger partial charge in [-0.25, -0.2) is 5.43 Å². The predicted molar refractivity (Wildman–Crippen MR) is 110 cm³/mol. The van der Waals surface area contributed by atoms with Crippen molar-refractivity contribution in [3.8, 4) is 11.5 Å². The van der Waals surface area contributed by atoms with Gasteiger partial charge in [0.15, 0.2) is 6.61 Å². The number of amides is 2. The summed E-state index contributed by atoms with van der Waals surface area (Å²) in [5.74, 6) is -0.161. The van der Waals surface area contributed by atoms with Gasteiger partial charge in [0.1, 0.15) is 17.5 Å². The second kappa shape index (κ2) is 10.8. The molecule has 0 aliphatic carbocycles. The highest BCUT2D eigenvalue weighted by molar-refractivity contribution is 5.96. The van der Waals surface area contributed by atoms with Crippen LogP contribution in [0.2, 0.25) is 0 Å². The molecule has 10 heteroatoms. The van der Waals surface area contributed by atoms with Crippen molar-refractivity contribution >= 4 is 23.2 Å². The van der Waals surface area contributed by atoms with Crippen molar-refractivity contribution < 1.29 is 24.0 Å². The zero-order valence-corrected chi connectivity index (χ0v) is 16.9. The fourth-order valence-electron chi connectivity index (χ4n) is 2.41. The van der Waals surface area contributed by atoms with Crippen LogP contribution in [0.4, 0.5) is 11.4 Å². The molecule has 0 bridgehead atoms. The number of methoxy groups -OCH3 is 1. The van der Waals surface area contributed by atoms with Gasteiger partial charge in [-0.3, -0.25) is 25.1 Å². The summed E-state index contributed by atoms with van der Waals surface area (Å²) in [7, 11) is 1.38. The molecule has 0 aliphatic heterocycles. The molecule has 2 rings (SSSR count). The van der Waals surface area contributed by atoms with Gasteiger partial charge in [0.05, 0.1) is 17.7 Å². The summed E-state index contributed by atoms with van der Waals surface area (Å²) in [5, 5.41) is 13.5. The van der Waals surface area contributed by atoms with E-state index in [-0.39, 0.29) is 23.7 Å². The SMILES string of the molecule is CCc1ccc(OCC(=O)NNC(C)C(=O)Nc2cc([N+](=O)[O-])ccc2OC)cc1. The number of nitrogens with one attached hydrogen (secondary N) is 3. The molecule has 1 unspecified atom stereocenters. The lowest BCUT2D eigenvalue weighted by atomic mass is 10.2. The summed E-state index contributed by atoms with van der Waals surface area (Å²) in [6.45, 7) is 3.33. The first-order valence-corrected chi connectivity index (χ1v) is 9.23. The molecule has 2 aromatic carbocycles. The number of rotatable bonds is 10. The first-order chi connectivity index (χ1) is 14.3. The van der Waals surface area contributed by atoms with Crippen LogP contribution < -0.4 is 25.6 Å². The van der Waals surface area contributed by atoms with Crippen LogP contribution in [0.3, 0.4) is 0 Å². The van der Waals surface area contributed by atoms with Crippen molar-refractivity contribution in [1.29, 1.82) is 0 Å². The van der Waals surface area contributed by atoms with Crippen LogP contribution in [0.15, 0.2) is 42.5 Å². The lowest BCUT2D eigenvalue weighted by molar-refractivity contribution is -0.384. The summed E-state index contributed by atoms with van der Waals surface area (Å²) in [6.07, 6.45) is 0.910. The molecule has 10 nitrogen and oxygen atoms in total. The average molecular weight is 416 g/mol. The zero-order chi connectivity index (χ0) is 22.1. The number of aryl methyl sites for hydroxylation is 1. The number of ether oxygens (including phenoxy) is 2. The molecule has 2 aromatic rings. The lowest BCUT2D eigenvalue weighted by Crippen LogP contribution is -2.49. The summed E-state index contributed by atoms with van der Waals surface area (Å²) < 4.78 is 10.5. The average Bonchev–Trinajstić information content (AvgIpc) is 2.76. The Morgan fingerprint density at radius 3 is 2.47 bits per heavy atom. The minimum absolute atomic E-state index is 0.149. The van der Waals surface area contributed by atoms with Crippen LogP contribution in [0.1, 0.15) is 19.4 Å². The van der Waals surface area contributed by atoms with Gasteiger partial charge in [-0.15, -0.1) is 0 Å². The Bertz CT molecular complexity index is 901. The monoisotopic (exact) mass is 416 g/mol. The molecule has 0 saturated heterocycles. The Hall–Kier alpha value is -3.66. The third-order valence-electron chi connectivity index (χ3n) is 4.17. The minimum Gasteiger partial charge on any atom is -0.495 e. The van der Waals surface area contributed by atoms with Crippen LogP contribution >= 0.6 is 0 Å². The molecule has 0 heterocycles. The number of nitrogens with zero attached hydrogens (tertiary/aromatic N) is 1. The molecular formula is C20H24N4O6. The van der Waals surface area contributed by atoms with Crippen LogP contribution in [0.5, 0.6) is 11.5 Å². The Morgan fingerprint density at radius 2 is 1.87 bits per heavy atom. The molecule has 30 heavy (non-hydrogen) atoms. The number of carbonyl (C=O) groups excluding carboxylic acids is 2. The lowest BCUT2D eigenvalue weighted by Gasteiger charge is -2.16. The number of benzene rings is 2. The molecule has 0 radical (unpaired) electrons. The topological polar surface area (TPSA) is 132 Å². The largest absolute Gasteiger partial charge is 0.495 e. The first-order valence-electron chi connectivity index (χ1n) is 9.23. The van der Waals surface area contributed by atoms with Gasteiger partial charge in [0.2, 0.25) is 5.91 Å². The second-order valence-corrected chi connectivity index (χ2v) is 6.33. The third-order valence-corrected chi connectivity index (χ3v) is 4.17. The highest BCUT2D eigenvalue weighted by atomic mass is 16.6. The normalized spacial score (nSPS) is 11.3. The van der Waals surface area contributed by atoms with Gasteiger partial charge in [-0.1, -0.05) is 19.1 Å². The van der Waals surface area contributed by atoms with Gasteiger partial charge < -0.3 is 14.8 Å². The maximum atomic E-state index is 12.3. The summed E-state index contributed by atoms with van der Waals surface area (Å²) >= 11 is 0. The quantitative estimate of drug-likeness (QED) is 0.399. The maximum absolute atomic E-state index is 12.3. The van der Waals surface area contributed by atoms with E-state index in [9.17, 15) is 19.7 Å². The third kappa shape index (κ3) is 6.45. The van der Waals surface area contributed by atoms with Gasteiger partial charge in [0, 0.05) is 12.1 Å². The van der Waals surface area contributed by atoms with Crippen LogP contribution in [0.25, 0.3) is 0 Å². The number of hydrogen-bond acceptors (Lipinski definition) is 7. The van der Waals surface area contributed by atoms with Crippen molar-refractivity contribution in [3.63, 3.8) is 0 Å². The summed E-state index contributed by atoms with van der Waals surface area (Å²) in [6, 6.07) is 10.4. The van der Waals surface area contributed by atoms with Crippen LogP contribution in [-0.2, 0) is 16.0 Å². The van der Waals surface area contributed by atoms with E-state index < -0.39 is 22.8 Å². The van der Waals surface area contributed by atoms with E-state index in [0.717, 1.165) is 12.0 Å². The maximum Gasteiger partial charge on any atom is 0.272 e. The number of anilines is 1. The first kappa shape index (κ1) is 22.6. The predicted octanol–water partition coefficient (Wildman–Crippen LogP) is 2.19. The van der Waals surface area contributed by atoms with Crippen molar-refractivity contribution in [2.45, 2.75) is 26.3 Å². The van der Waals surface area contributed by atoms with Crippen molar-refractivity contribution in [2.24, 2.45) is 0 Å². The van der Waals surface area contributed by atoms with E-state index in [4.69, 9.17) is 9.47 Å². The number of nitro benzene ring substituents is 1. The molecule has 0 aromatic heterocycles. The van der Waals surface area contributed by atoms with E-state index in [1.54, 1.807) is 12.1 Å². The Morgan fingerprint density at radius 1 is 1.17 bits per heavy atom. The molecule has 2 amide bonds. The fourth-order valence-corrected chi connectivity index (χ4v) is 2.41. The smallest absolute Gasteiger partial charge is 0.272 e. The number of non-ortho nitro benzene ring substituents is 1.